The average molecular weight is 401 g/mol. The Morgan fingerprint density at radius 2 is 1.92 bits per heavy atom. The Kier molecular flexibility index (Phi) is 5.24. The molecule has 3 rings (SSSR count). The monoisotopic (exact) mass is 400 g/mol. The number of fused-ring (bicyclic) bond motifs is 1. The quantitative estimate of drug-likeness (QED) is 0.358. The highest BCUT2D eigenvalue weighted by atomic mass is 35.5. The molecule has 0 fully saturated rings. The molecular weight excluding hydrogens is 387 g/mol. The molecule has 0 aliphatic heterocycles. The van der Waals surface area contributed by atoms with Crippen LogP contribution in [0.2, 0.25) is 10.4 Å². The first-order valence-electron chi connectivity index (χ1n) is 7.37. The molecule has 1 aromatic carbocycles. The van der Waals surface area contributed by atoms with Gasteiger partial charge in [0.15, 0.2) is 10.8 Å². The van der Waals surface area contributed by atoms with Gasteiger partial charge in [-0.05, 0) is 37.1 Å². The Morgan fingerprint density at radius 3 is 2.64 bits per heavy atom. The van der Waals surface area contributed by atoms with E-state index in [0.717, 1.165) is 5.56 Å². The highest BCUT2D eigenvalue weighted by molar-refractivity contribution is 7.86. The van der Waals surface area contributed by atoms with Gasteiger partial charge >= 0.3 is 0 Å². The Hall–Kier alpha value is -1.74. The van der Waals surface area contributed by atoms with Crippen molar-refractivity contribution < 1.29 is 12.6 Å². The van der Waals surface area contributed by atoms with Crippen LogP contribution in [0.4, 0.5) is 0 Å². The first-order chi connectivity index (χ1) is 11.9. The largest absolute Gasteiger partial charge is 0.296 e. The molecule has 2 aromatic heterocycles. The zero-order valence-electron chi connectivity index (χ0n) is 13.2. The van der Waals surface area contributed by atoms with Gasteiger partial charge in [0.25, 0.3) is 10.1 Å². The van der Waals surface area contributed by atoms with E-state index in [0.29, 0.717) is 24.0 Å². The van der Waals surface area contributed by atoms with Gasteiger partial charge in [0.1, 0.15) is 0 Å². The summed E-state index contributed by atoms with van der Waals surface area (Å²) in [4.78, 5) is 8.08. The third kappa shape index (κ3) is 4.09. The van der Waals surface area contributed by atoms with E-state index in [9.17, 15) is 8.42 Å². The highest BCUT2D eigenvalue weighted by Gasteiger charge is 2.15. The van der Waals surface area contributed by atoms with Crippen LogP contribution in [-0.4, -0.2) is 34.8 Å². The lowest BCUT2D eigenvalue weighted by atomic mass is 10.2. The van der Waals surface area contributed by atoms with Crippen molar-refractivity contribution in [2.24, 2.45) is 0 Å². The van der Waals surface area contributed by atoms with E-state index in [-0.39, 0.29) is 21.9 Å². The Labute approximate surface area is 154 Å². The van der Waals surface area contributed by atoms with Crippen molar-refractivity contribution in [1.82, 2.24) is 19.7 Å². The predicted octanol–water partition coefficient (Wildman–Crippen LogP) is 3.24. The van der Waals surface area contributed by atoms with Gasteiger partial charge < -0.3 is 0 Å². The molecule has 0 aliphatic carbocycles. The lowest BCUT2D eigenvalue weighted by molar-refractivity contribution is 0.302. The summed E-state index contributed by atoms with van der Waals surface area (Å²) in [5, 5.41) is 5.08. The fourth-order valence-corrected chi connectivity index (χ4v) is 3.51. The zero-order chi connectivity index (χ0) is 18.0. The van der Waals surface area contributed by atoms with E-state index in [1.807, 2.05) is 6.92 Å². The number of hydrogen-bond acceptors (Lipinski definition) is 6. The van der Waals surface area contributed by atoms with Crippen LogP contribution in [0, 0.1) is 6.92 Å². The van der Waals surface area contributed by atoms with E-state index in [1.165, 1.54) is 18.3 Å². The molecule has 3 aromatic rings. The average Bonchev–Trinajstić information content (AvgIpc) is 2.87. The molecule has 0 aliphatic rings. The van der Waals surface area contributed by atoms with Gasteiger partial charge in [0.2, 0.25) is 5.28 Å². The van der Waals surface area contributed by atoms with Crippen molar-refractivity contribution in [3.8, 4) is 0 Å². The van der Waals surface area contributed by atoms with Crippen LogP contribution in [0.1, 0.15) is 12.0 Å². The van der Waals surface area contributed by atoms with Crippen molar-refractivity contribution in [3.05, 3.63) is 46.5 Å². The minimum Gasteiger partial charge on any atom is -0.266 e. The van der Waals surface area contributed by atoms with Crippen LogP contribution >= 0.6 is 23.2 Å². The fraction of sp³-hybridized carbons (Fsp3) is 0.267. The number of rotatable bonds is 6. The first kappa shape index (κ1) is 18.1. The van der Waals surface area contributed by atoms with Crippen molar-refractivity contribution in [2.45, 2.75) is 24.8 Å². The standard InChI is InChI=1S/C15H14Cl2N4O3S/c1-10-3-5-11(6-4-10)25(22,23)24-8-2-7-21-14-12(13(16)20-21)9-18-15(17)19-14/h3-6,9H,2,7-8H2,1H3. The summed E-state index contributed by atoms with van der Waals surface area (Å²) in [6.07, 6.45) is 1.90. The lowest BCUT2D eigenvalue weighted by Gasteiger charge is -2.06. The van der Waals surface area contributed by atoms with E-state index in [4.69, 9.17) is 27.4 Å². The summed E-state index contributed by atoms with van der Waals surface area (Å²) in [5.41, 5.74) is 1.47. The molecule has 25 heavy (non-hydrogen) atoms. The molecule has 0 bridgehead atoms. The highest BCUT2D eigenvalue weighted by Crippen LogP contribution is 2.22. The van der Waals surface area contributed by atoms with E-state index in [1.54, 1.807) is 16.8 Å². The van der Waals surface area contributed by atoms with Crippen molar-refractivity contribution in [3.63, 3.8) is 0 Å². The molecule has 10 heteroatoms. The van der Waals surface area contributed by atoms with Gasteiger partial charge in [-0.2, -0.15) is 18.5 Å². The molecule has 0 radical (unpaired) electrons. The number of hydrogen-bond donors (Lipinski definition) is 0. The molecule has 132 valence electrons. The molecular formula is C15H14Cl2N4O3S. The molecule has 0 N–H and O–H groups in total. The van der Waals surface area contributed by atoms with E-state index < -0.39 is 10.1 Å². The number of nitrogens with zero attached hydrogens (tertiary/aromatic N) is 4. The smallest absolute Gasteiger partial charge is 0.266 e. The third-order valence-electron chi connectivity index (χ3n) is 3.48. The van der Waals surface area contributed by atoms with Crippen LogP contribution in [0.3, 0.4) is 0 Å². The van der Waals surface area contributed by atoms with Gasteiger partial charge in [0, 0.05) is 12.7 Å². The second-order valence-electron chi connectivity index (χ2n) is 5.33. The third-order valence-corrected chi connectivity index (χ3v) is 5.26. The van der Waals surface area contributed by atoms with Crippen molar-refractivity contribution >= 4 is 44.4 Å². The summed E-state index contributed by atoms with van der Waals surface area (Å²) in [6.45, 7) is 2.26. The maximum Gasteiger partial charge on any atom is 0.296 e. The Balaban J connectivity index is 1.64. The molecule has 0 spiro atoms. The molecule has 0 saturated heterocycles. The van der Waals surface area contributed by atoms with Gasteiger partial charge in [-0.15, -0.1) is 0 Å². The predicted molar refractivity (Wildman–Crippen MR) is 94.3 cm³/mol. The molecule has 0 unspecified atom stereocenters. The normalized spacial score (nSPS) is 12.0. The maximum atomic E-state index is 12.1. The van der Waals surface area contributed by atoms with Crippen LogP contribution in [0.15, 0.2) is 35.4 Å². The summed E-state index contributed by atoms with van der Waals surface area (Å²) in [7, 11) is -3.78. The second-order valence-corrected chi connectivity index (χ2v) is 7.64. The lowest BCUT2D eigenvalue weighted by Crippen LogP contribution is -2.10. The van der Waals surface area contributed by atoms with E-state index >= 15 is 0 Å². The first-order valence-corrected chi connectivity index (χ1v) is 9.54. The summed E-state index contributed by atoms with van der Waals surface area (Å²) in [6, 6.07) is 6.48. The summed E-state index contributed by atoms with van der Waals surface area (Å²) in [5.74, 6) is 0. The number of aryl methyl sites for hydroxylation is 2. The Bertz CT molecular complexity index is 1000. The van der Waals surface area contributed by atoms with Crippen LogP contribution in [0.5, 0.6) is 0 Å². The van der Waals surface area contributed by atoms with Crippen LogP contribution in [0.25, 0.3) is 11.0 Å². The van der Waals surface area contributed by atoms with Gasteiger partial charge in [-0.1, -0.05) is 29.3 Å². The van der Waals surface area contributed by atoms with Crippen molar-refractivity contribution in [2.75, 3.05) is 6.61 Å². The number of halogens is 2. The van der Waals surface area contributed by atoms with Crippen molar-refractivity contribution in [1.29, 1.82) is 0 Å². The topological polar surface area (TPSA) is 87.0 Å². The van der Waals surface area contributed by atoms with Gasteiger partial charge in [-0.3, -0.25) is 4.18 Å². The van der Waals surface area contributed by atoms with E-state index in [2.05, 4.69) is 15.1 Å². The molecule has 0 amide bonds. The minimum atomic E-state index is -3.78. The number of aromatic nitrogens is 4. The minimum absolute atomic E-state index is 0.00793. The SMILES string of the molecule is Cc1ccc(S(=O)(=O)OCCCn2nc(Cl)c3cnc(Cl)nc32)cc1. The molecule has 2 heterocycles. The fourth-order valence-electron chi connectivity index (χ4n) is 2.21. The van der Waals surface area contributed by atoms with Crippen LogP contribution in [-0.2, 0) is 20.8 Å². The molecule has 7 nitrogen and oxygen atoms in total. The summed E-state index contributed by atoms with van der Waals surface area (Å²) >= 11 is 11.8. The molecule has 0 atom stereocenters. The van der Waals surface area contributed by atoms with Gasteiger partial charge in [-0.25, -0.2) is 9.67 Å². The maximum absolute atomic E-state index is 12.1. The van der Waals surface area contributed by atoms with Crippen LogP contribution < -0.4 is 0 Å². The Morgan fingerprint density at radius 1 is 1.20 bits per heavy atom. The number of benzene rings is 1. The zero-order valence-corrected chi connectivity index (χ0v) is 15.5. The second kappa shape index (κ2) is 7.25. The summed E-state index contributed by atoms with van der Waals surface area (Å²) < 4.78 is 30.8. The molecule has 0 saturated carbocycles. The van der Waals surface area contributed by atoms with Gasteiger partial charge in [0.05, 0.1) is 16.9 Å².